The normalized spacial score (nSPS) is 14.7. The van der Waals surface area contributed by atoms with Gasteiger partial charge in [0.15, 0.2) is 0 Å². The van der Waals surface area contributed by atoms with Gasteiger partial charge in [-0.1, -0.05) is 64.2 Å². The predicted octanol–water partition coefficient (Wildman–Crippen LogP) is 2.33. The van der Waals surface area contributed by atoms with E-state index in [4.69, 9.17) is 0 Å². The smallest absolute Gasteiger partial charge is 0.308 e. The molecule has 6 nitrogen and oxygen atoms in total. The SMILES string of the molecule is CN(C)S(=O)(=O)n1cc(C(O)c2ccccc2)nc1[Si](C)(C)C(C)(C)C. The van der Waals surface area contributed by atoms with Crippen molar-refractivity contribution in [3.05, 3.63) is 47.8 Å². The molecule has 8 heteroatoms. The van der Waals surface area contributed by atoms with Gasteiger partial charge in [-0.15, -0.1) is 0 Å². The number of hydrogen-bond acceptors (Lipinski definition) is 4. The first-order valence-corrected chi connectivity index (χ1v) is 13.0. The van der Waals surface area contributed by atoms with E-state index in [0.29, 0.717) is 16.7 Å². The molecule has 1 atom stereocenters. The average molecular weight is 396 g/mol. The number of rotatable bonds is 5. The molecule has 2 rings (SSSR count). The summed E-state index contributed by atoms with van der Waals surface area (Å²) in [5.74, 6) is 0. The Morgan fingerprint density at radius 2 is 1.69 bits per heavy atom. The third kappa shape index (κ3) is 3.64. The largest absolute Gasteiger partial charge is 0.382 e. The summed E-state index contributed by atoms with van der Waals surface area (Å²) < 4.78 is 28.2. The number of hydrogen-bond donors (Lipinski definition) is 1. The van der Waals surface area contributed by atoms with Gasteiger partial charge in [-0.05, 0) is 10.6 Å². The van der Waals surface area contributed by atoms with Crippen LogP contribution in [0.5, 0.6) is 0 Å². The zero-order chi connectivity index (χ0) is 19.9. The van der Waals surface area contributed by atoms with Gasteiger partial charge in [0.05, 0.1) is 5.69 Å². The summed E-state index contributed by atoms with van der Waals surface area (Å²) in [6.45, 7) is 10.5. The van der Waals surface area contributed by atoms with Crippen molar-refractivity contribution in [2.75, 3.05) is 14.1 Å². The van der Waals surface area contributed by atoms with Gasteiger partial charge in [0.25, 0.3) is 0 Å². The topological polar surface area (TPSA) is 75.4 Å². The molecule has 0 saturated carbocycles. The molecule has 144 valence electrons. The van der Waals surface area contributed by atoms with E-state index in [9.17, 15) is 13.5 Å². The van der Waals surface area contributed by atoms with Crippen molar-refractivity contribution >= 4 is 23.7 Å². The summed E-state index contributed by atoms with van der Waals surface area (Å²) in [5.41, 5.74) is 1.58. The molecule has 0 aliphatic carbocycles. The Balaban J connectivity index is 2.69. The Morgan fingerprint density at radius 3 is 2.15 bits per heavy atom. The van der Waals surface area contributed by atoms with E-state index in [-0.39, 0.29) is 5.04 Å². The molecule has 0 fully saturated rings. The number of aliphatic hydroxyl groups excluding tert-OH is 1. The molecule has 0 bridgehead atoms. The van der Waals surface area contributed by atoms with Crippen molar-refractivity contribution < 1.29 is 13.5 Å². The first-order chi connectivity index (χ1) is 11.8. The summed E-state index contributed by atoms with van der Waals surface area (Å²) in [6.07, 6.45) is 0.487. The van der Waals surface area contributed by atoms with Gasteiger partial charge in [-0.2, -0.15) is 12.7 Å². The summed E-state index contributed by atoms with van der Waals surface area (Å²) in [6, 6.07) is 9.14. The summed E-state index contributed by atoms with van der Waals surface area (Å²) in [5, 5.41) is 10.6. The Hall–Kier alpha value is -1.48. The van der Waals surface area contributed by atoms with E-state index >= 15 is 0 Å². The van der Waals surface area contributed by atoms with Gasteiger partial charge in [-0.25, -0.2) is 8.96 Å². The third-order valence-electron chi connectivity index (χ3n) is 5.23. The Morgan fingerprint density at radius 1 is 1.15 bits per heavy atom. The third-order valence-corrected chi connectivity index (χ3v) is 12.3. The second-order valence-corrected chi connectivity index (χ2v) is 15.5. The fourth-order valence-electron chi connectivity index (χ4n) is 2.42. The molecule has 1 heterocycles. The van der Waals surface area contributed by atoms with E-state index in [2.05, 4.69) is 38.8 Å². The predicted molar refractivity (Wildman–Crippen MR) is 108 cm³/mol. The van der Waals surface area contributed by atoms with E-state index in [0.717, 1.165) is 0 Å². The molecule has 0 saturated heterocycles. The van der Waals surface area contributed by atoms with Gasteiger partial charge in [-0.3, -0.25) is 0 Å². The number of aromatic nitrogens is 2. The first kappa shape index (κ1) is 20.8. The fraction of sp³-hybridized carbons (Fsp3) is 0.500. The van der Waals surface area contributed by atoms with E-state index in [1.165, 1.54) is 28.6 Å². The standard InChI is InChI=1S/C18H29N3O3SSi/c1-18(2,3)26(6,7)17-19-15(13-21(17)25(23,24)20(4)5)16(22)14-11-9-8-10-12-14/h8-13,16,22H,1-7H3. The van der Waals surface area contributed by atoms with Gasteiger partial charge in [0.2, 0.25) is 0 Å². The van der Waals surface area contributed by atoms with Gasteiger partial charge >= 0.3 is 10.2 Å². The van der Waals surface area contributed by atoms with Gasteiger partial charge in [0.1, 0.15) is 19.6 Å². The lowest BCUT2D eigenvalue weighted by Gasteiger charge is -2.36. The van der Waals surface area contributed by atoms with Crippen molar-refractivity contribution in [1.82, 2.24) is 13.3 Å². The van der Waals surface area contributed by atoms with Crippen LogP contribution in [-0.4, -0.2) is 49.0 Å². The van der Waals surface area contributed by atoms with Crippen molar-refractivity contribution in [2.24, 2.45) is 0 Å². The second kappa shape index (κ2) is 6.92. The van der Waals surface area contributed by atoms with Crippen LogP contribution in [0.25, 0.3) is 0 Å². The molecule has 1 aromatic heterocycles. The highest BCUT2D eigenvalue weighted by molar-refractivity contribution is 7.87. The molecule has 0 aliphatic heterocycles. The van der Waals surface area contributed by atoms with Crippen LogP contribution < -0.4 is 5.45 Å². The van der Waals surface area contributed by atoms with E-state index in [1.807, 2.05) is 18.2 Å². The maximum atomic E-state index is 12.9. The lowest BCUT2D eigenvalue weighted by Crippen LogP contribution is -2.56. The van der Waals surface area contributed by atoms with E-state index < -0.39 is 24.4 Å². The van der Waals surface area contributed by atoms with Crippen molar-refractivity contribution in [3.8, 4) is 0 Å². The van der Waals surface area contributed by atoms with Crippen molar-refractivity contribution in [3.63, 3.8) is 0 Å². The number of benzene rings is 1. The highest BCUT2D eigenvalue weighted by Gasteiger charge is 2.43. The number of nitrogens with zero attached hydrogens (tertiary/aromatic N) is 3. The summed E-state index contributed by atoms with van der Waals surface area (Å²) >= 11 is 0. The van der Waals surface area contributed by atoms with Crippen LogP contribution in [0, 0.1) is 0 Å². The van der Waals surface area contributed by atoms with Crippen LogP contribution in [-0.2, 0) is 10.2 Å². The molecule has 1 aromatic carbocycles. The van der Waals surface area contributed by atoms with Crippen LogP contribution in [0.4, 0.5) is 0 Å². The zero-order valence-corrected chi connectivity index (χ0v) is 18.4. The monoisotopic (exact) mass is 395 g/mol. The van der Waals surface area contributed by atoms with Crippen molar-refractivity contribution in [2.45, 2.75) is 45.0 Å². The van der Waals surface area contributed by atoms with Crippen molar-refractivity contribution in [1.29, 1.82) is 0 Å². The molecule has 0 amide bonds. The Labute approximate surface area is 157 Å². The maximum Gasteiger partial charge on any atom is 0.308 e. The molecule has 0 radical (unpaired) electrons. The molecule has 1 N–H and O–H groups in total. The fourth-order valence-corrected chi connectivity index (χ4v) is 6.00. The van der Waals surface area contributed by atoms with Crippen LogP contribution >= 0.6 is 0 Å². The average Bonchev–Trinajstić information content (AvgIpc) is 3.00. The van der Waals surface area contributed by atoms with Crippen LogP contribution in [0.3, 0.4) is 0 Å². The highest BCUT2D eigenvalue weighted by atomic mass is 32.2. The molecule has 2 aromatic rings. The lowest BCUT2D eigenvalue weighted by molar-refractivity contribution is 0.216. The number of imidazole rings is 1. The maximum absolute atomic E-state index is 12.9. The van der Waals surface area contributed by atoms with Crippen LogP contribution in [0.1, 0.15) is 38.1 Å². The first-order valence-electron chi connectivity index (χ1n) is 8.56. The van der Waals surface area contributed by atoms with Crippen LogP contribution in [0.2, 0.25) is 18.1 Å². The lowest BCUT2D eigenvalue weighted by atomic mass is 10.1. The Kier molecular flexibility index (Phi) is 5.54. The van der Waals surface area contributed by atoms with Crippen LogP contribution in [0.15, 0.2) is 36.5 Å². The minimum Gasteiger partial charge on any atom is -0.382 e. The highest BCUT2D eigenvalue weighted by Crippen LogP contribution is 2.36. The summed E-state index contributed by atoms with van der Waals surface area (Å²) in [7, 11) is -3.01. The number of aliphatic hydroxyl groups is 1. The minimum absolute atomic E-state index is 0.104. The quantitative estimate of drug-likeness (QED) is 0.789. The zero-order valence-electron chi connectivity index (χ0n) is 16.6. The molecule has 0 spiro atoms. The molecule has 0 aliphatic rings. The molecule has 1 unspecified atom stereocenters. The molecule has 26 heavy (non-hydrogen) atoms. The second-order valence-electron chi connectivity index (χ2n) is 8.26. The molecular weight excluding hydrogens is 366 g/mol. The summed E-state index contributed by atoms with van der Waals surface area (Å²) in [4.78, 5) is 4.64. The Bertz CT molecular complexity index is 869. The van der Waals surface area contributed by atoms with E-state index in [1.54, 1.807) is 12.1 Å². The van der Waals surface area contributed by atoms with Gasteiger partial charge < -0.3 is 5.11 Å². The van der Waals surface area contributed by atoms with Gasteiger partial charge in [0, 0.05) is 20.3 Å². The molecular formula is C18H29N3O3SSi. The minimum atomic E-state index is -3.73.